The molecule has 26 heavy (non-hydrogen) atoms. The molecule has 0 spiro atoms. The Balaban J connectivity index is 1.75. The third kappa shape index (κ3) is 3.70. The minimum Gasteiger partial charge on any atom is -0.292 e. The Bertz CT molecular complexity index is 798. The van der Waals surface area contributed by atoms with Crippen LogP contribution in [0.5, 0.6) is 0 Å². The molecule has 0 N–H and O–H groups in total. The number of amides is 2. The normalized spacial score (nSPS) is 17.7. The van der Waals surface area contributed by atoms with E-state index < -0.39 is 0 Å². The van der Waals surface area contributed by atoms with Gasteiger partial charge in [0.05, 0.1) is 29.5 Å². The van der Waals surface area contributed by atoms with E-state index >= 15 is 0 Å². The van der Waals surface area contributed by atoms with Crippen LogP contribution in [0.3, 0.4) is 0 Å². The summed E-state index contributed by atoms with van der Waals surface area (Å²) in [6.45, 7) is 5.48. The van der Waals surface area contributed by atoms with Crippen LogP contribution in [0.25, 0.3) is 0 Å². The lowest BCUT2D eigenvalue weighted by Crippen LogP contribution is -2.41. The lowest BCUT2D eigenvalue weighted by atomic mass is 10.2. The van der Waals surface area contributed by atoms with Crippen molar-refractivity contribution < 1.29 is 9.59 Å². The maximum atomic E-state index is 12.7. The van der Waals surface area contributed by atoms with Crippen LogP contribution in [0.2, 0.25) is 0 Å². The van der Waals surface area contributed by atoms with Crippen molar-refractivity contribution in [3.63, 3.8) is 0 Å². The quantitative estimate of drug-likeness (QED) is 0.582. The number of anilines is 1. The molecule has 6 nitrogen and oxygen atoms in total. The topological polar surface area (TPSA) is 65.3 Å². The van der Waals surface area contributed by atoms with Crippen LogP contribution in [0.15, 0.2) is 64.8 Å². The number of carbonyl (C=O) groups is 2. The highest BCUT2D eigenvalue weighted by atomic mass is 16.2. The van der Waals surface area contributed by atoms with Gasteiger partial charge in [-0.05, 0) is 49.5 Å². The third-order valence-corrected chi connectivity index (χ3v) is 4.52. The summed E-state index contributed by atoms with van der Waals surface area (Å²) >= 11 is 0. The molecule has 3 rings (SSSR count). The van der Waals surface area contributed by atoms with Gasteiger partial charge in [-0.1, -0.05) is 32.0 Å². The Kier molecular flexibility index (Phi) is 5.53. The lowest BCUT2D eigenvalue weighted by molar-refractivity contribution is -0.122. The monoisotopic (exact) mass is 350 g/mol. The van der Waals surface area contributed by atoms with Crippen LogP contribution in [-0.2, 0) is 9.59 Å². The zero-order valence-electron chi connectivity index (χ0n) is 15.0. The summed E-state index contributed by atoms with van der Waals surface area (Å²) in [4.78, 5) is 28.4. The first-order valence-corrected chi connectivity index (χ1v) is 8.81. The summed E-state index contributed by atoms with van der Waals surface area (Å²) in [6.07, 6.45) is 0.232. The predicted octanol–water partition coefficient (Wildman–Crippen LogP) is 4.08. The van der Waals surface area contributed by atoms with Gasteiger partial charge in [-0.15, -0.1) is 0 Å². The van der Waals surface area contributed by atoms with Crippen LogP contribution in [0, 0.1) is 0 Å². The van der Waals surface area contributed by atoms with E-state index in [1.54, 1.807) is 24.3 Å². The van der Waals surface area contributed by atoms with Crippen molar-refractivity contribution in [1.82, 2.24) is 4.90 Å². The summed E-state index contributed by atoms with van der Waals surface area (Å²) in [7, 11) is 0. The highest BCUT2D eigenvalue weighted by Crippen LogP contribution is 2.28. The Hall–Kier alpha value is -2.86. The van der Waals surface area contributed by atoms with Gasteiger partial charge in [0.15, 0.2) is 0 Å². The molecule has 0 radical (unpaired) electrons. The van der Waals surface area contributed by atoms with E-state index in [-0.39, 0.29) is 24.3 Å². The van der Waals surface area contributed by atoms with Crippen molar-refractivity contribution >= 4 is 28.9 Å². The number of rotatable bonds is 6. The first kappa shape index (κ1) is 17.9. The Morgan fingerprint density at radius 1 is 0.923 bits per heavy atom. The van der Waals surface area contributed by atoms with Gasteiger partial charge < -0.3 is 0 Å². The molecule has 134 valence electrons. The molecule has 2 amide bonds. The summed E-state index contributed by atoms with van der Waals surface area (Å²) in [5.41, 5.74) is 2.01. The van der Waals surface area contributed by atoms with Gasteiger partial charge in [0, 0.05) is 0 Å². The third-order valence-electron chi connectivity index (χ3n) is 4.52. The zero-order chi connectivity index (χ0) is 18.5. The van der Waals surface area contributed by atoms with Crippen LogP contribution in [0.1, 0.15) is 20.3 Å². The van der Waals surface area contributed by atoms with Crippen LogP contribution in [0.4, 0.5) is 17.1 Å². The van der Waals surface area contributed by atoms with Gasteiger partial charge in [-0.2, -0.15) is 10.2 Å². The molecule has 1 atom stereocenters. The van der Waals surface area contributed by atoms with Gasteiger partial charge in [0.2, 0.25) is 5.91 Å². The molecule has 1 fully saturated rings. The first-order valence-electron chi connectivity index (χ1n) is 8.81. The number of hydrogen-bond donors (Lipinski definition) is 0. The minimum atomic E-state index is -0.366. The van der Waals surface area contributed by atoms with Crippen molar-refractivity contribution in [2.45, 2.75) is 26.3 Å². The van der Waals surface area contributed by atoms with Crippen LogP contribution < -0.4 is 4.90 Å². The molecule has 0 unspecified atom stereocenters. The largest absolute Gasteiger partial charge is 0.292 e. The summed E-state index contributed by atoms with van der Waals surface area (Å²) in [5.74, 6) is -0.317. The van der Waals surface area contributed by atoms with E-state index in [2.05, 4.69) is 10.2 Å². The zero-order valence-corrected chi connectivity index (χ0v) is 15.0. The molecular formula is C20H22N4O2. The van der Waals surface area contributed by atoms with Gasteiger partial charge in [0.1, 0.15) is 0 Å². The average molecular weight is 350 g/mol. The molecule has 0 bridgehead atoms. The fourth-order valence-corrected chi connectivity index (χ4v) is 3.12. The number of nitrogens with zero attached hydrogens (tertiary/aromatic N) is 4. The summed E-state index contributed by atoms with van der Waals surface area (Å²) in [5, 5.41) is 8.34. The van der Waals surface area contributed by atoms with Crippen LogP contribution in [-0.4, -0.2) is 35.8 Å². The molecule has 1 aliphatic rings. The first-order chi connectivity index (χ1) is 12.6. The molecular weight excluding hydrogens is 328 g/mol. The highest BCUT2D eigenvalue weighted by molar-refractivity contribution is 6.22. The second kappa shape index (κ2) is 8.01. The Morgan fingerprint density at radius 2 is 1.50 bits per heavy atom. The lowest BCUT2D eigenvalue weighted by Gasteiger charge is -2.24. The standard InChI is InChI=1S/C20H22N4O2/c1-3-23(4-2)18-14-19(25)24(20(18)26)17-12-10-16(11-13-17)22-21-15-8-6-5-7-9-15/h5-13,18H,3-4,14H2,1-2H3/t18-/m0/s1. The van der Waals surface area contributed by atoms with Gasteiger partial charge >= 0.3 is 0 Å². The van der Waals surface area contributed by atoms with E-state index in [1.165, 1.54) is 4.90 Å². The molecule has 1 aliphatic heterocycles. The SMILES string of the molecule is CCN(CC)[C@H]1CC(=O)N(c2ccc(N=Nc3ccccc3)cc2)C1=O. The number of azo groups is 1. The number of benzene rings is 2. The maximum absolute atomic E-state index is 12.7. The summed E-state index contributed by atoms with van der Waals surface area (Å²) < 4.78 is 0. The maximum Gasteiger partial charge on any atom is 0.251 e. The molecule has 0 aliphatic carbocycles. The number of likely N-dealkylation sites (N-methyl/N-ethyl adjacent to an activating group) is 1. The van der Waals surface area contributed by atoms with Crippen molar-refractivity contribution in [2.75, 3.05) is 18.0 Å². The van der Waals surface area contributed by atoms with Crippen molar-refractivity contribution in [3.8, 4) is 0 Å². The fraction of sp³-hybridized carbons (Fsp3) is 0.300. The predicted molar refractivity (Wildman–Crippen MR) is 101 cm³/mol. The van der Waals surface area contributed by atoms with Crippen LogP contribution >= 0.6 is 0 Å². The fourth-order valence-electron chi connectivity index (χ4n) is 3.12. The Morgan fingerprint density at radius 3 is 2.08 bits per heavy atom. The smallest absolute Gasteiger partial charge is 0.251 e. The molecule has 0 aromatic heterocycles. The van der Waals surface area contributed by atoms with Crippen molar-refractivity contribution in [3.05, 3.63) is 54.6 Å². The molecule has 0 saturated carbocycles. The average Bonchev–Trinajstić information content (AvgIpc) is 2.97. The molecule has 6 heteroatoms. The minimum absolute atomic E-state index is 0.155. The van der Waals surface area contributed by atoms with Gasteiger partial charge in [0.25, 0.3) is 5.91 Å². The van der Waals surface area contributed by atoms with E-state index in [0.717, 1.165) is 18.8 Å². The molecule has 1 heterocycles. The number of carbonyl (C=O) groups excluding carboxylic acids is 2. The van der Waals surface area contributed by atoms with Gasteiger partial charge in [-0.25, -0.2) is 4.90 Å². The highest BCUT2D eigenvalue weighted by Gasteiger charge is 2.41. The molecule has 1 saturated heterocycles. The van der Waals surface area contributed by atoms with E-state index in [4.69, 9.17) is 0 Å². The second-order valence-corrected chi connectivity index (χ2v) is 6.06. The van der Waals surface area contributed by atoms with E-state index in [0.29, 0.717) is 11.4 Å². The number of imide groups is 1. The molecule has 2 aromatic rings. The number of hydrogen-bond acceptors (Lipinski definition) is 5. The van der Waals surface area contributed by atoms with Crippen molar-refractivity contribution in [1.29, 1.82) is 0 Å². The molecule has 2 aromatic carbocycles. The van der Waals surface area contributed by atoms with E-state index in [1.807, 2.05) is 49.1 Å². The van der Waals surface area contributed by atoms with E-state index in [9.17, 15) is 9.59 Å². The Labute approximate surface area is 153 Å². The summed E-state index contributed by atoms with van der Waals surface area (Å²) in [6, 6.07) is 16.1. The second-order valence-electron chi connectivity index (χ2n) is 6.06. The van der Waals surface area contributed by atoms with Gasteiger partial charge in [-0.3, -0.25) is 14.5 Å². The van der Waals surface area contributed by atoms with Crippen molar-refractivity contribution in [2.24, 2.45) is 10.2 Å².